The fourth-order valence-corrected chi connectivity index (χ4v) is 3.75. The lowest BCUT2D eigenvalue weighted by Crippen LogP contribution is -2.37. The summed E-state index contributed by atoms with van der Waals surface area (Å²) in [5.74, 6) is 0.242. The number of hydrogen-bond acceptors (Lipinski definition) is 5. The number of hydrogen-bond donors (Lipinski definition) is 1. The number of fused-ring (bicyclic) bond motifs is 1. The first-order valence-electron chi connectivity index (χ1n) is 6.54. The van der Waals surface area contributed by atoms with Crippen molar-refractivity contribution in [3.63, 3.8) is 0 Å². The van der Waals surface area contributed by atoms with Crippen LogP contribution in [0.1, 0.15) is 9.67 Å². The van der Waals surface area contributed by atoms with Crippen LogP contribution in [0.2, 0.25) is 0 Å². The SMILES string of the molecule is CS(=O)(=O)N1CCOc2cc(NC(=O)c3cccs3)ccc21. The fourth-order valence-electron chi connectivity index (χ4n) is 2.22. The molecule has 1 aliphatic heterocycles. The van der Waals surface area contributed by atoms with E-state index in [2.05, 4.69) is 5.32 Å². The number of carbonyl (C=O) groups excluding carboxylic acids is 1. The molecule has 0 radical (unpaired) electrons. The molecule has 1 amide bonds. The van der Waals surface area contributed by atoms with Gasteiger partial charge >= 0.3 is 0 Å². The molecule has 0 bridgehead atoms. The molecule has 0 saturated heterocycles. The van der Waals surface area contributed by atoms with Crippen LogP contribution in [-0.2, 0) is 10.0 Å². The summed E-state index contributed by atoms with van der Waals surface area (Å²) in [5.41, 5.74) is 1.05. The Balaban J connectivity index is 1.87. The Morgan fingerprint density at radius 3 is 2.86 bits per heavy atom. The molecule has 116 valence electrons. The number of amides is 1. The van der Waals surface area contributed by atoms with Gasteiger partial charge in [-0.05, 0) is 23.6 Å². The third kappa shape index (κ3) is 2.93. The van der Waals surface area contributed by atoms with Gasteiger partial charge in [0.2, 0.25) is 10.0 Å². The molecule has 3 rings (SSSR count). The van der Waals surface area contributed by atoms with Crippen LogP contribution in [-0.4, -0.2) is 33.7 Å². The molecular weight excluding hydrogens is 324 g/mol. The van der Waals surface area contributed by atoms with Crippen LogP contribution in [0.4, 0.5) is 11.4 Å². The van der Waals surface area contributed by atoms with Gasteiger partial charge < -0.3 is 10.1 Å². The number of rotatable bonds is 3. The van der Waals surface area contributed by atoms with Gasteiger partial charge in [-0.3, -0.25) is 9.10 Å². The summed E-state index contributed by atoms with van der Waals surface area (Å²) in [4.78, 5) is 12.6. The van der Waals surface area contributed by atoms with Crippen molar-refractivity contribution in [3.8, 4) is 5.75 Å². The van der Waals surface area contributed by atoms with Crippen molar-refractivity contribution in [2.75, 3.05) is 29.0 Å². The molecule has 0 atom stereocenters. The Hall–Kier alpha value is -2.06. The van der Waals surface area contributed by atoms with Crippen LogP contribution < -0.4 is 14.4 Å². The van der Waals surface area contributed by atoms with Crippen molar-refractivity contribution in [2.45, 2.75) is 0 Å². The maximum Gasteiger partial charge on any atom is 0.265 e. The number of thiophene rings is 1. The highest BCUT2D eigenvalue weighted by Gasteiger charge is 2.25. The first kappa shape index (κ1) is 14.9. The van der Waals surface area contributed by atoms with Crippen LogP contribution in [0.25, 0.3) is 0 Å². The van der Waals surface area contributed by atoms with E-state index >= 15 is 0 Å². The van der Waals surface area contributed by atoms with E-state index in [1.54, 1.807) is 30.3 Å². The second-order valence-corrected chi connectivity index (χ2v) is 7.65. The highest BCUT2D eigenvalue weighted by molar-refractivity contribution is 7.92. The Morgan fingerprint density at radius 2 is 2.18 bits per heavy atom. The molecule has 1 aromatic carbocycles. The van der Waals surface area contributed by atoms with E-state index in [-0.39, 0.29) is 19.1 Å². The maximum absolute atomic E-state index is 12.0. The van der Waals surface area contributed by atoms with Gasteiger partial charge in [0.1, 0.15) is 12.4 Å². The minimum Gasteiger partial charge on any atom is -0.489 e. The van der Waals surface area contributed by atoms with E-state index in [0.717, 1.165) is 6.26 Å². The standard InChI is InChI=1S/C14H14N2O4S2/c1-22(18,19)16-6-7-20-12-9-10(4-5-11(12)16)15-14(17)13-3-2-8-21-13/h2-5,8-9H,6-7H2,1H3,(H,15,17). The highest BCUT2D eigenvalue weighted by atomic mass is 32.2. The minimum atomic E-state index is -3.34. The summed E-state index contributed by atoms with van der Waals surface area (Å²) in [7, 11) is -3.34. The van der Waals surface area contributed by atoms with Gasteiger partial charge in [0.15, 0.2) is 0 Å². The number of anilines is 2. The molecule has 6 nitrogen and oxygen atoms in total. The quantitative estimate of drug-likeness (QED) is 0.930. The predicted molar refractivity (Wildman–Crippen MR) is 86.4 cm³/mol. The zero-order valence-electron chi connectivity index (χ0n) is 11.8. The Labute approximate surface area is 132 Å². The third-order valence-corrected chi connectivity index (χ3v) is 5.23. The summed E-state index contributed by atoms with van der Waals surface area (Å²) < 4.78 is 30.3. The topological polar surface area (TPSA) is 75.7 Å². The molecular formula is C14H14N2O4S2. The summed E-state index contributed by atoms with van der Waals surface area (Å²) in [6.45, 7) is 0.565. The lowest BCUT2D eigenvalue weighted by Gasteiger charge is -2.29. The summed E-state index contributed by atoms with van der Waals surface area (Å²) >= 11 is 1.35. The largest absolute Gasteiger partial charge is 0.489 e. The highest BCUT2D eigenvalue weighted by Crippen LogP contribution is 2.35. The van der Waals surface area contributed by atoms with E-state index in [9.17, 15) is 13.2 Å². The lowest BCUT2D eigenvalue weighted by atomic mass is 10.2. The van der Waals surface area contributed by atoms with Gasteiger partial charge in [0, 0.05) is 11.8 Å². The zero-order chi connectivity index (χ0) is 15.7. The average molecular weight is 338 g/mol. The lowest BCUT2D eigenvalue weighted by molar-refractivity contribution is 0.103. The molecule has 8 heteroatoms. The van der Waals surface area contributed by atoms with Gasteiger partial charge in [0.25, 0.3) is 5.91 Å². The number of ether oxygens (including phenoxy) is 1. The molecule has 0 fully saturated rings. The fraction of sp³-hybridized carbons (Fsp3) is 0.214. The average Bonchev–Trinajstić information content (AvgIpc) is 2.99. The van der Waals surface area contributed by atoms with E-state index < -0.39 is 10.0 Å². The van der Waals surface area contributed by atoms with Gasteiger partial charge in [-0.25, -0.2) is 8.42 Å². The van der Waals surface area contributed by atoms with Gasteiger partial charge in [-0.2, -0.15) is 0 Å². The monoisotopic (exact) mass is 338 g/mol. The predicted octanol–water partition coefficient (Wildman–Crippen LogP) is 2.16. The second kappa shape index (κ2) is 5.62. The first-order chi connectivity index (χ1) is 10.4. The normalized spacial score (nSPS) is 14.1. The van der Waals surface area contributed by atoms with Crippen LogP contribution in [0.15, 0.2) is 35.7 Å². The van der Waals surface area contributed by atoms with Crippen LogP contribution >= 0.6 is 11.3 Å². The second-order valence-electron chi connectivity index (χ2n) is 4.80. The molecule has 1 N–H and O–H groups in total. The van der Waals surface area contributed by atoms with E-state index in [0.29, 0.717) is 22.0 Å². The first-order valence-corrected chi connectivity index (χ1v) is 9.27. The molecule has 1 aromatic heterocycles. The molecule has 0 saturated carbocycles. The van der Waals surface area contributed by atoms with Gasteiger partial charge in [-0.1, -0.05) is 6.07 Å². The Kier molecular flexibility index (Phi) is 3.79. The molecule has 2 aromatic rings. The molecule has 0 spiro atoms. The minimum absolute atomic E-state index is 0.203. The Bertz CT molecular complexity index is 800. The van der Waals surface area contributed by atoms with E-state index in [1.807, 2.05) is 5.38 Å². The summed E-state index contributed by atoms with van der Waals surface area (Å²) in [6.07, 6.45) is 1.16. The molecule has 0 unspecified atom stereocenters. The third-order valence-electron chi connectivity index (χ3n) is 3.18. The van der Waals surface area contributed by atoms with Crippen molar-refractivity contribution in [3.05, 3.63) is 40.6 Å². The van der Waals surface area contributed by atoms with E-state index in [1.165, 1.54) is 15.6 Å². The Morgan fingerprint density at radius 1 is 1.36 bits per heavy atom. The zero-order valence-corrected chi connectivity index (χ0v) is 13.4. The van der Waals surface area contributed by atoms with Gasteiger partial charge in [0.05, 0.1) is 23.4 Å². The molecule has 2 heterocycles. The number of sulfonamides is 1. The van der Waals surface area contributed by atoms with Gasteiger partial charge in [-0.15, -0.1) is 11.3 Å². The van der Waals surface area contributed by atoms with Crippen LogP contribution in [0.3, 0.4) is 0 Å². The van der Waals surface area contributed by atoms with Crippen molar-refractivity contribution in [1.29, 1.82) is 0 Å². The van der Waals surface area contributed by atoms with Crippen LogP contribution in [0.5, 0.6) is 5.75 Å². The molecule has 22 heavy (non-hydrogen) atoms. The molecule has 0 aliphatic carbocycles. The van der Waals surface area contributed by atoms with E-state index in [4.69, 9.17) is 4.74 Å². The molecule has 1 aliphatic rings. The van der Waals surface area contributed by atoms with Crippen molar-refractivity contribution >= 4 is 38.6 Å². The van der Waals surface area contributed by atoms with Crippen molar-refractivity contribution in [1.82, 2.24) is 0 Å². The number of nitrogens with one attached hydrogen (secondary N) is 1. The summed E-state index contributed by atoms with van der Waals surface area (Å²) in [5, 5.41) is 4.60. The number of carbonyl (C=O) groups is 1. The maximum atomic E-state index is 12.0. The summed E-state index contributed by atoms with van der Waals surface area (Å²) in [6, 6.07) is 8.48. The van der Waals surface area contributed by atoms with Crippen molar-refractivity contribution in [2.24, 2.45) is 0 Å². The van der Waals surface area contributed by atoms with Crippen LogP contribution in [0, 0.1) is 0 Å². The smallest absolute Gasteiger partial charge is 0.265 e. The number of nitrogens with zero attached hydrogens (tertiary/aromatic N) is 1. The van der Waals surface area contributed by atoms with Crippen molar-refractivity contribution < 1.29 is 17.9 Å². The number of benzene rings is 1.